The van der Waals surface area contributed by atoms with Gasteiger partial charge < -0.3 is 20.8 Å². The van der Waals surface area contributed by atoms with E-state index in [1.54, 1.807) is 23.5 Å². The number of hydrogen-bond donors (Lipinski definition) is 4. The summed E-state index contributed by atoms with van der Waals surface area (Å²) in [6, 6.07) is 12.3. The van der Waals surface area contributed by atoms with Crippen molar-refractivity contribution in [3.05, 3.63) is 91.8 Å². The van der Waals surface area contributed by atoms with E-state index in [2.05, 4.69) is 34.7 Å². The fraction of sp³-hybridized carbons (Fsp3) is 0.300. The van der Waals surface area contributed by atoms with Crippen molar-refractivity contribution < 1.29 is 19.8 Å². The van der Waals surface area contributed by atoms with E-state index in [1.807, 2.05) is 41.8 Å². The van der Waals surface area contributed by atoms with Crippen LogP contribution in [0, 0.1) is 20.8 Å². The number of carbonyl (C=O) groups is 2. The Balaban J connectivity index is 1.43. The number of benzene rings is 2. The first-order chi connectivity index (χ1) is 20.2. The van der Waals surface area contributed by atoms with Crippen molar-refractivity contribution >= 4 is 46.3 Å². The monoisotopic (exact) mass is 606 g/mol. The second-order valence-electron chi connectivity index (χ2n) is 10.1. The number of hydrogen-bond acceptors (Lipinski definition) is 7. The van der Waals surface area contributed by atoms with Gasteiger partial charge in [-0.25, -0.2) is 4.79 Å². The third-order valence-electron chi connectivity index (χ3n) is 7.30. The summed E-state index contributed by atoms with van der Waals surface area (Å²) in [6.45, 7) is 6.16. The second kappa shape index (κ2) is 12.4. The molecule has 0 saturated heterocycles. The van der Waals surface area contributed by atoms with Gasteiger partial charge in [-0.2, -0.15) is 0 Å². The van der Waals surface area contributed by atoms with Crippen molar-refractivity contribution in [3.63, 3.8) is 0 Å². The van der Waals surface area contributed by atoms with Crippen molar-refractivity contribution in [1.29, 1.82) is 0 Å². The van der Waals surface area contributed by atoms with Gasteiger partial charge in [0.1, 0.15) is 16.9 Å². The molecule has 0 fully saturated rings. The lowest BCUT2D eigenvalue weighted by Crippen LogP contribution is -2.22. The van der Waals surface area contributed by atoms with E-state index in [0.29, 0.717) is 47.3 Å². The molecule has 2 aromatic heterocycles. The zero-order valence-corrected chi connectivity index (χ0v) is 25.0. The average molecular weight is 607 g/mol. The molecule has 0 bridgehead atoms. The Bertz CT molecular complexity index is 1680. The number of aliphatic imine (C=N–C) groups is 1. The van der Waals surface area contributed by atoms with E-state index in [-0.39, 0.29) is 18.9 Å². The molecule has 218 valence electrons. The number of fused-ring (bicyclic) bond motifs is 3. The van der Waals surface area contributed by atoms with Crippen molar-refractivity contribution in [2.75, 3.05) is 11.9 Å². The zero-order chi connectivity index (χ0) is 30.0. The molecule has 0 spiro atoms. The molecule has 1 atom stereocenters. The lowest BCUT2D eigenvalue weighted by atomic mass is 9.99. The fourth-order valence-electron chi connectivity index (χ4n) is 5.09. The Morgan fingerprint density at radius 2 is 1.83 bits per heavy atom. The van der Waals surface area contributed by atoms with Crippen LogP contribution in [0.3, 0.4) is 0 Å². The molecule has 0 aliphatic carbocycles. The summed E-state index contributed by atoms with van der Waals surface area (Å²) in [5, 5.41) is 34.4. The van der Waals surface area contributed by atoms with Gasteiger partial charge in [-0.3, -0.25) is 14.4 Å². The van der Waals surface area contributed by atoms with Crippen molar-refractivity contribution in [1.82, 2.24) is 20.1 Å². The van der Waals surface area contributed by atoms with Gasteiger partial charge in [0.15, 0.2) is 5.82 Å². The highest BCUT2D eigenvalue weighted by molar-refractivity contribution is 7.15. The number of anilines is 1. The minimum atomic E-state index is -1.07. The SMILES string of the molecule is Cc1sc2c(c1C)C(c1ccc(Cl)cc1)=N[C@@H](CC(=O)Nc1ccc(CCCNC(=O)O)c(CO)c1)c1nnc(C)n1-2. The zero-order valence-electron chi connectivity index (χ0n) is 23.4. The number of halogens is 1. The smallest absolute Gasteiger partial charge is 0.404 e. The number of amides is 2. The van der Waals surface area contributed by atoms with Gasteiger partial charge >= 0.3 is 6.09 Å². The number of rotatable bonds is 9. The van der Waals surface area contributed by atoms with Gasteiger partial charge in [0.2, 0.25) is 5.91 Å². The highest BCUT2D eigenvalue weighted by atomic mass is 35.5. The number of nitrogens with zero attached hydrogens (tertiary/aromatic N) is 4. The lowest BCUT2D eigenvalue weighted by molar-refractivity contribution is -0.116. The highest BCUT2D eigenvalue weighted by Gasteiger charge is 2.32. The number of carboxylic acid groups (broad SMARTS) is 1. The largest absolute Gasteiger partial charge is 0.465 e. The van der Waals surface area contributed by atoms with Gasteiger partial charge in [0.25, 0.3) is 0 Å². The number of carbonyl (C=O) groups excluding carboxylic acids is 1. The van der Waals surface area contributed by atoms with Gasteiger partial charge in [-0.15, -0.1) is 21.5 Å². The van der Waals surface area contributed by atoms with Crippen LogP contribution in [0.1, 0.15) is 63.2 Å². The van der Waals surface area contributed by atoms with Crippen LogP contribution in [-0.4, -0.2) is 49.2 Å². The second-order valence-corrected chi connectivity index (χ2v) is 11.8. The first-order valence-corrected chi connectivity index (χ1v) is 14.7. The molecule has 5 rings (SSSR count). The lowest BCUT2D eigenvalue weighted by Gasteiger charge is -2.14. The summed E-state index contributed by atoms with van der Waals surface area (Å²) in [5.41, 5.74) is 5.89. The molecule has 2 amide bonds. The van der Waals surface area contributed by atoms with E-state index in [4.69, 9.17) is 21.7 Å². The summed E-state index contributed by atoms with van der Waals surface area (Å²) in [4.78, 5) is 30.4. The number of aliphatic hydroxyl groups is 1. The van der Waals surface area contributed by atoms with Crippen LogP contribution in [0.4, 0.5) is 10.5 Å². The predicted octanol–water partition coefficient (Wildman–Crippen LogP) is 5.52. The van der Waals surface area contributed by atoms with Crippen LogP contribution in [-0.2, 0) is 17.8 Å². The van der Waals surface area contributed by atoms with Gasteiger partial charge in [-0.05, 0) is 74.6 Å². The Labute approximate surface area is 252 Å². The highest BCUT2D eigenvalue weighted by Crippen LogP contribution is 2.39. The summed E-state index contributed by atoms with van der Waals surface area (Å²) in [5.74, 6) is 1.05. The maximum absolute atomic E-state index is 13.4. The standard InChI is InChI=1S/C30H31ClN6O4S/c1-16-17(2)42-29-26(16)27(20-6-9-22(31)10-7-20)34-24(28-36-35-18(3)37(28)29)14-25(39)33-23-11-8-19(21(13-23)15-38)5-4-12-32-30(40)41/h6-11,13,24,32,38H,4-5,12,14-15H2,1-3H3,(H,33,39)(H,40,41)/t24-/m0/s1. The average Bonchev–Trinajstić information content (AvgIpc) is 3.43. The Kier molecular flexibility index (Phi) is 8.72. The quantitative estimate of drug-likeness (QED) is 0.185. The minimum Gasteiger partial charge on any atom is -0.465 e. The van der Waals surface area contributed by atoms with Crippen LogP contribution in [0.5, 0.6) is 0 Å². The molecular formula is C30H31ClN6O4S. The molecule has 0 radical (unpaired) electrons. The van der Waals surface area contributed by atoms with E-state index >= 15 is 0 Å². The molecule has 0 unspecified atom stereocenters. The number of nitrogens with one attached hydrogen (secondary N) is 2. The molecule has 0 saturated carbocycles. The van der Waals surface area contributed by atoms with E-state index in [9.17, 15) is 14.7 Å². The van der Waals surface area contributed by atoms with Crippen LogP contribution in [0.25, 0.3) is 5.00 Å². The summed E-state index contributed by atoms with van der Waals surface area (Å²) in [6.07, 6.45) is 0.139. The summed E-state index contributed by atoms with van der Waals surface area (Å²) < 4.78 is 2.00. The number of thiophene rings is 1. The normalized spacial score (nSPS) is 14.0. The van der Waals surface area contributed by atoms with Crippen molar-refractivity contribution in [2.24, 2.45) is 4.99 Å². The molecule has 1 aliphatic heterocycles. The number of aryl methyl sites for hydroxylation is 3. The topological polar surface area (TPSA) is 142 Å². The molecule has 10 nitrogen and oxygen atoms in total. The molecule has 42 heavy (non-hydrogen) atoms. The molecule has 1 aliphatic rings. The number of aliphatic hydroxyl groups excluding tert-OH is 1. The molecule has 4 N–H and O–H groups in total. The molecular weight excluding hydrogens is 576 g/mol. The van der Waals surface area contributed by atoms with Gasteiger partial charge in [-0.1, -0.05) is 29.8 Å². The molecule has 3 heterocycles. The first kappa shape index (κ1) is 29.4. The van der Waals surface area contributed by atoms with E-state index < -0.39 is 12.1 Å². The van der Waals surface area contributed by atoms with Gasteiger partial charge in [0, 0.05) is 33.3 Å². The van der Waals surface area contributed by atoms with E-state index in [0.717, 1.165) is 37.8 Å². The van der Waals surface area contributed by atoms with Gasteiger partial charge in [0.05, 0.1) is 18.7 Å². The minimum absolute atomic E-state index is 0.0270. The first-order valence-electron chi connectivity index (χ1n) is 13.5. The van der Waals surface area contributed by atoms with Crippen LogP contribution >= 0.6 is 22.9 Å². The molecule has 4 aromatic rings. The molecule has 2 aromatic carbocycles. The Hall–Kier alpha value is -4.06. The van der Waals surface area contributed by atoms with E-state index in [1.165, 1.54) is 0 Å². The van der Waals surface area contributed by atoms with Crippen LogP contribution in [0.2, 0.25) is 5.02 Å². The Morgan fingerprint density at radius 3 is 2.55 bits per heavy atom. The van der Waals surface area contributed by atoms with Crippen molar-refractivity contribution in [2.45, 2.75) is 52.7 Å². The predicted molar refractivity (Wildman–Crippen MR) is 163 cm³/mol. The van der Waals surface area contributed by atoms with Crippen LogP contribution < -0.4 is 10.6 Å². The summed E-state index contributed by atoms with van der Waals surface area (Å²) in [7, 11) is 0. The van der Waals surface area contributed by atoms with Crippen molar-refractivity contribution in [3.8, 4) is 5.00 Å². The Morgan fingerprint density at radius 1 is 1.07 bits per heavy atom. The fourth-order valence-corrected chi connectivity index (χ4v) is 6.43. The summed E-state index contributed by atoms with van der Waals surface area (Å²) >= 11 is 7.84. The maximum atomic E-state index is 13.4. The third-order valence-corrected chi connectivity index (χ3v) is 8.74. The third kappa shape index (κ3) is 6.08. The van der Waals surface area contributed by atoms with Crippen LogP contribution in [0.15, 0.2) is 47.5 Å². The number of aromatic nitrogens is 3. The molecule has 12 heteroatoms. The maximum Gasteiger partial charge on any atom is 0.404 e.